The number of nitrogens with one attached hydrogen (secondary N) is 1. The van der Waals surface area contributed by atoms with E-state index in [1.54, 1.807) is 55.5 Å². The van der Waals surface area contributed by atoms with E-state index in [9.17, 15) is 24.4 Å². The fourth-order valence-electron chi connectivity index (χ4n) is 4.08. The Hall–Kier alpha value is -4.97. The van der Waals surface area contributed by atoms with Gasteiger partial charge in [0, 0.05) is 0 Å². The highest BCUT2D eigenvalue weighted by molar-refractivity contribution is 6.22. The van der Waals surface area contributed by atoms with Gasteiger partial charge in [-0.2, -0.15) is 5.26 Å². The van der Waals surface area contributed by atoms with Gasteiger partial charge in [0.2, 0.25) is 0 Å². The number of carbonyl (C=O) groups excluding carboxylic acids is 4. The zero-order valence-corrected chi connectivity index (χ0v) is 20.8. The highest BCUT2D eigenvalue weighted by atomic mass is 16.5. The summed E-state index contributed by atoms with van der Waals surface area (Å²) < 4.78 is 10.7. The molecule has 3 aromatic rings. The lowest BCUT2D eigenvalue weighted by molar-refractivity contribution is -0.140. The van der Waals surface area contributed by atoms with Crippen molar-refractivity contribution in [3.63, 3.8) is 0 Å². The first-order chi connectivity index (χ1) is 18.3. The van der Waals surface area contributed by atoms with Crippen molar-refractivity contribution in [3.05, 3.63) is 95.0 Å². The number of rotatable bonds is 9. The molecule has 1 N–H and O–H groups in total. The lowest BCUT2D eigenvalue weighted by Gasteiger charge is -2.28. The topological polar surface area (TPSA) is 130 Å². The molecule has 3 amide bonds. The molecular formula is C29H25N3O6. The first-order valence-corrected chi connectivity index (χ1v) is 12.0. The normalized spacial score (nSPS) is 14.4. The molecule has 0 saturated heterocycles. The minimum atomic E-state index is -1.10. The first kappa shape index (κ1) is 26.1. The largest absolute Gasteiger partial charge is 0.467 e. The van der Waals surface area contributed by atoms with Crippen molar-refractivity contribution >= 4 is 29.8 Å². The van der Waals surface area contributed by atoms with E-state index in [0.717, 1.165) is 4.90 Å². The van der Waals surface area contributed by atoms with Crippen LogP contribution in [0.3, 0.4) is 0 Å². The van der Waals surface area contributed by atoms with Crippen molar-refractivity contribution in [3.8, 4) is 11.8 Å². The van der Waals surface area contributed by atoms with Crippen LogP contribution in [0.1, 0.15) is 52.3 Å². The van der Waals surface area contributed by atoms with Crippen LogP contribution in [0.15, 0.2) is 76.9 Å². The average Bonchev–Trinajstić information content (AvgIpc) is 3.54. The second kappa shape index (κ2) is 11.4. The second-order valence-electron chi connectivity index (χ2n) is 8.78. The summed E-state index contributed by atoms with van der Waals surface area (Å²) in [5, 5.41) is 12.0. The molecule has 1 aliphatic heterocycles. The number of imide groups is 1. The van der Waals surface area contributed by atoms with Crippen molar-refractivity contribution < 1.29 is 28.3 Å². The maximum Gasteiger partial charge on any atom is 0.335 e. The molecular weight excluding hydrogens is 486 g/mol. The zero-order chi connectivity index (χ0) is 27.2. The number of carbonyl (C=O) groups is 4. The minimum Gasteiger partial charge on any atom is -0.467 e. The summed E-state index contributed by atoms with van der Waals surface area (Å²) in [6.07, 6.45) is 3.43. The van der Waals surface area contributed by atoms with Crippen molar-refractivity contribution in [2.45, 2.75) is 32.9 Å². The maximum atomic E-state index is 13.2. The Kier molecular flexibility index (Phi) is 7.83. The van der Waals surface area contributed by atoms with Gasteiger partial charge in [-0.25, -0.2) is 4.79 Å². The predicted octanol–water partition coefficient (Wildman–Crippen LogP) is 4.12. The fraction of sp³-hybridized carbons (Fsp3) is 0.207. The van der Waals surface area contributed by atoms with Crippen LogP contribution in [0.4, 0.5) is 0 Å². The van der Waals surface area contributed by atoms with Gasteiger partial charge in [0.25, 0.3) is 17.7 Å². The van der Waals surface area contributed by atoms with Crippen molar-refractivity contribution in [2.75, 3.05) is 0 Å². The highest BCUT2D eigenvalue weighted by Gasteiger charge is 2.45. The van der Waals surface area contributed by atoms with Gasteiger partial charge in [0.1, 0.15) is 29.2 Å². The van der Waals surface area contributed by atoms with Gasteiger partial charge in [0.05, 0.1) is 23.9 Å². The Labute approximate surface area is 219 Å². The number of hydrogen-bond donors (Lipinski definition) is 1. The molecule has 2 unspecified atom stereocenters. The van der Waals surface area contributed by atoms with Crippen LogP contribution in [-0.4, -0.2) is 34.6 Å². The van der Waals surface area contributed by atoms with Crippen LogP contribution >= 0.6 is 0 Å². The third kappa shape index (κ3) is 5.39. The molecule has 9 nitrogen and oxygen atoms in total. The second-order valence-corrected chi connectivity index (χ2v) is 8.78. The molecule has 2 atom stereocenters. The van der Waals surface area contributed by atoms with Crippen molar-refractivity contribution in [2.24, 2.45) is 5.92 Å². The summed E-state index contributed by atoms with van der Waals surface area (Å²) in [5.41, 5.74) is 0.949. The van der Waals surface area contributed by atoms with Crippen LogP contribution in [-0.2, 0) is 16.1 Å². The molecule has 0 fully saturated rings. The summed E-state index contributed by atoms with van der Waals surface area (Å²) in [5.74, 6) is -1.93. The third-order valence-corrected chi connectivity index (χ3v) is 6.31. The third-order valence-electron chi connectivity index (χ3n) is 6.31. The molecule has 1 aliphatic rings. The van der Waals surface area contributed by atoms with Gasteiger partial charge in [-0.05, 0) is 54.0 Å². The van der Waals surface area contributed by atoms with Gasteiger partial charge in [0.15, 0.2) is 0 Å². The van der Waals surface area contributed by atoms with Crippen molar-refractivity contribution in [1.29, 1.82) is 5.26 Å². The molecule has 0 bridgehead atoms. The summed E-state index contributed by atoms with van der Waals surface area (Å²) in [4.78, 5) is 52.5. The molecule has 192 valence electrons. The Morgan fingerprint density at radius 2 is 1.71 bits per heavy atom. The molecule has 38 heavy (non-hydrogen) atoms. The van der Waals surface area contributed by atoms with Crippen LogP contribution in [0.2, 0.25) is 0 Å². The number of nitrogens with zero attached hydrogens (tertiary/aromatic N) is 2. The molecule has 0 radical (unpaired) electrons. The SMILES string of the molecule is CCC(C)C(C(=O)Oc1ccc(/C=C(\C#N)C(=O)NCc2ccco2)cc1)N1C(=O)c2ccccc2C1=O. The summed E-state index contributed by atoms with van der Waals surface area (Å²) in [6.45, 7) is 3.79. The molecule has 2 aromatic carbocycles. The quantitative estimate of drug-likeness (QED) is 0.150. The molecule has 2 heterocycles. The molecule has 4 rings (SSSR count). The summed E-state index contributed by atoms with van der Waals surface area (Å²) in [6, 6.07) is 16.8. The van der Waals surface area contributed by atoms with Gasteiger partial charge < -0.3 is 14.5 Å². The zero-order valence-electron chi connectivity index (χ0n) is 20.8. The number of ether oxygens (including phenoxy) is 1. The Bertz CT molecular complexity index is 1400. The van der Waals surface area contributed by atoms with Crippen LogP contribution in [0.25, 0.3) is 6.08 Å². The van der Waals surface area contributed by atoms with E-state index in [1.165, 1.54) is 24.5 Å². The van der Waals surface area contributed by atoms with Crippen LogP contribution < -0.4 is 10.1 Å². The first-order valence-electron chi connectivity index (χ1n) is 12.0. The number of nitriles is 1. The molecule has 0 saturated carbocycles. The number of hydrogen-bond acceptors (Lipinski definition) is 7. The number of amides is 3. The Morgan fingerprint density at radius 3 is 2.26 bits per heavy atom. The molecule has 0 aliphatic carbocycles. The minimum absolute atomic E-state index is 0.108. The Balaban J connectivity index is 1.47. The number of esters is 1. The van der Waals surface area contributed by atoms with Crippen LogP contribution in [0, 0.1) is 17.2 Å². The van der Waals surface area contributed by atoms with Gasteiger partial charge in [-0.15, -0.1) is 0 Å². The van der Waals surface area contributed by atoms with E-state index in [4.69, 9.17) is 9.15 Å². The Morgan fingerprint density at radius 1 is 1.05 bits per heavy atom. The summed E-state index contributed by atoms with van der Waals surface area (Å²) >= 11 is 0. The van der Waals surface area contributed by atoms with E-state index in [1.807, 2.05) is 13.0 Å². The van der Waals surface area contributed by atoms with E-state index in [2.05, 4.69) is 5.32 Å². The number of fused-ring (bicyclic) bond motifs is 1. The van der Waals surface area contributed by atoms with Gasteiger partial charge >= 0.3 is 5.97 Å². The monoisotopic (exact) mass is 511 g/mol. The van der Waals surface area contributed by atoms with E-state index >= 15 is 0 Å². The van der Waals surface area contributed by atoms with E-state index < -0.39 is 29.7 Å². The standard InChI is InChI=1S/C29H25N3O6/c1-3-18(2)25(32-27(34)23-8-4-5-9-24(23)28(32)35)29(36)38-21-12-10-19(11-13-21)15-20(16-30)26(33)31-17-22-7-6-14-37-22/h4-15,18,25H,3,17H2,1-2H3,(H,31,33)/b20-15+. The lowest BCUT2D eigenvalue weighted by Crippen LogP contribution is -2.50. The number of furan rings is 1. The fourth-order valence-corrected chi connectivity index (χ4v) is 4.08. The van der Waals surface area contributed by atoms with Gasteiger partial charge in [-0.3, -0.25) is 19.3 Å². The predicted molar refractivity (Wildman–Crippen MR) is 136 cm³/mol. The van der Waals surface area contributed by atoms with Crippen LogP contribution in [0.5, 0.6) is 5.75 Å². The van der Waals surface area contributed by atoms with Gasteiger partial charge in [-0.1, -0.05) is 44.5 Å². The number of benzene rings is 2. The molecule has 9 heteroatoms. The smallest absolute Gasteiger partial charge is 0.335 e. The molecule has 1 aromatic heterocycles. The van der Waals surface area contributed by atoms with E-state index in [-0.39, 0.29) is 34.9 Å². The van der Waals surface area contributed by atoms with Crippen molar-refractivity contribution in [1.82, 2.24) is 10.2 Å². The highest BCUT2D eigenvalue weighted by Crippen LogP contribution is 2.29. The molecule has 0 spiro atoms. The maximum absolute atomic E-state index is 13.2. The average molecular weight is 512 g/mol. The lowest BCUT2D eigenvalue weighted by atomic mass is 9.97. The summed E-state index contributed by atoms with van der Waals surface area (Å²) in [7, 11) is 0. The van der Waals surface area contributed by atoms with E-state index in [0.29, 0.717) is 17.7 Å².